The summed E-state index contributed by atoms with van der Waals surface area (Å²) in [5.41, 5.74) is 0.750. The van der Waals surface area contributed by atoms with Crippen molar-refractivity contribution in [3.8, 4) is 5.75 Å². The molecule has 1 aliphatic heterocycles. The van der Waals surface area contributed by atoms with Crippen LogP contribution >= 0.6 is 11.3 Å². The minimum Gasteiger partial charge on any atom is -0.484 e. The molecular formula is C19H19FN4O3S. The SMILES string of the molecule is Cc1nc(C)c(C(=O)N2CCCC2c2noc(COc3ccc(F)cc3)n2)s1. The first-order valence-electron chi connectivity index (χ1n) is 8.97. The second-order valence-corrected chi connectivity index (χ2v) is 7.80. The summed E-state index contributed by atoms with van der Waals surface area (Å²) in [5, 5.41) is 4.92. The highest BCUT2D eigenvalue weighted by Gasteiger charge is 2.35. The van der Waals surface area contributed by atoms with Gasteiger partial charge in [0.15, 0.2) is 12.4 Å². The van der Waals surface area contributed by atoms with Crippen molar-refractivity contribution in [3.05, 3.63) is 57.4 Å². The maximum absolute atomic E-state index is 13.0. The first-order valence-corrected chi connectivity index (χ1v) is 9.79. The van der Waals surface area contributed by atoms with E-state index in [0.29, 0.717) is 28.9 Å². The fraction of sp³-hybridized carbons (Fsp3) is 0.368. The van der Waals surface area contributed by atoms with Crippen LogP contribution < -0.4 is 4.74 Å². The van der Waals surface area contributed by atoms with E-state index in [9.17, 15) is 9.18 Å². The highest BCUT2D eigenvalue weighted by molar-refractivity contribution is 7.13. The Kier molecular flexibility index (Phi) is 5.08. The third-order valence-electron chi connectivity index (χ3n) is 4.57. The van der Waals surface area contributed by atoms with Crippen LogP contribution in [0.3, 0.4) is 0 Å². The van der Waals surface area contributed by atoms with Crippen molar-refractivity contribution in [1.82, 2.24) is 20.0 Å². The molecule has 0 saturated carbocycles. The molecule has 146 valence electrons. The van der Waals surface area contributed by atoms with Crippen molar-refractivity contribution in [2.75, 3.05) is 6.54 Å². The lowest BCUT2D eigenvalue weighted by molar-refractivity contribution is 0.0732. The Hall–Kier alpha value is -2.81. The second-order valence-electron chi connectivity index (χ2n) is 6.59. The van der Waals surface area contributed by atoms with E-state index in [0.717, 1.165) is 23.5 Å². The van der Waals surface area contributed by atoms with Gasteiger partial charge in [0.2, 0.25) is 0 Å². The molecule has 1 amide bonds. The van der Waals surface area contributed by atoms with E-state index in [1.54, 1.807) is 4.90 Å². The zero-order valence-corrected chi connectivity index (χ0v) is 16.3. The Labute approximate surface area is 165 Å². The molecule has 1 saturated heterocycles. The Balaban J connectivity index is 1.45. The summed E-state index contributed by atoms with van der Waals surface area (Å²) in [4.78, 5) is 24.2. The molecule has 0 bridgehead atoms. The van der Waals surface area contributed by atoms with E-state index >= 15 is 0 Å². The zero-order chi connectivity index (χ0) is 19.7. The molecule has 1 aromatic carbocycles. The number of amides is 1. The quantitative estimate of drug-likeness (QED) is 0.645. The number of thiazole rings is 1. The highest BCUT2D eigenvalue weighted by Crippen LogP contribution is 2.33. The lowest BCUT2D eigenvalue weighted by atomic mass is 10.2. The minimum absolute atomic E-state index is 0.0421. The van der Waals surface area contributed by atoms with Crippen LogP contribution in [-0.4, -0.2) is 32.5 Å². The van der Waals surface area contributed by atoms with Gasteiger partial charge < -0.3 is 14.2 Å². The molecule has 3 heterocycles. The van der Waals surface area contributed by atoms with Crippen LogP contribution in [0.15, 0.2) is 28.8 Å². The molecule has 28 heavy (non-hydrogen) atoms. The van der Waals surface area contributed by atoms with Crippen LogP contribution in [0, 0.1) is 19.7 Å². The number of nitrogens with zero attached hydrogens (tertiary/aromatic N) is 4. The van der Waals surface area contributed by atoms with Crippen molar-refractivity contribution in [1.29, 1.82) is 0 Å². The average molecular weight is 402 g/mol. The van der Waals surface area contributed by atoms with E-state index in [1.165, 1.54) is 35.6 Å². The molecule has 9 heteroatoms. The molecule has 7 nitrogen and oxygen atoms in total. The van der Waals surface area contributed by atoms with Gasteiger partial charge >= 0.3 is 0 Å². The first-order chi connectivity index (χ1) is 13.5. The Bertz CT molecular complexity index is 985. The summed E-state index contributed by atoms with van der Waals surface area (Å²) in [7, 11) is 0. The van der Waals surface area contributed by atoms with Gasteiger partial charge in [-0.05, 0) is 51.0 Å². The summed E-state index contributed by atoms with van der Waals surface area (Å²) in [6.07, 6.45) is 1.66. The largest absolute Gasteiger partial charge is 0.484 e. The number of benzene rings is 1. The number of rotatable bonds is 5. The van der Waals surface area contributed by atoms with Crippen molar-refractivity contribution in [2.45, 2.75) is 39.3 Å². The second kappa shape index (κ2) is 7.67. The first kappa shape index (κ1) is 18.5. The van der Waals surface area contributed by atoms with Gasteiger partial charge in [-0.2, -0.15) is 4.98 Å². The standard InChI is InChI=1S/C19H19FN4O3S/c1-11-17(28-12(2)21-11)19(25)24-9-3-4-15(24)18-22-16(27-23-18)10-26-14-7-5-13(20)6-8-14/h5-8,15H,3-4,9-10H2,1-2H3. The fourth-order valence-electron chi connectivity index (χ4n) is 3.28. The van der Waals surface area contributed by atoms with E-state index in [4.69, 9.17) is 9.26 Å². The molecule has 1 fully saturated rings. The lowest BCUT2D eigenvalue weighted by Crippen LogP contribution is -2.31. The van der Waals surface area contributed by atoms with Gasteiger partial charge in [-0.25, -0.2) is 9.37 Å². The molecule has 2 aromatic heterocycles. The van der Waals surface area contributed by atoms with Gasteiger partial charge in [0.25, 0.3) is 11.8 Å². The van der Waals surface area contributed by atoms with E-state index in [1.807, 2.05) is 13.8 Å². The summed E-state index contributed by atoms with van der Waals surface area (Å²) in [6, 6.07) is 5.48. The van der Waals surface area contributed by atoms with Gasteiger partial charge in [0.05, 0.1) is 16.7 Å². The summed E-state index contributed by atoms with van der Waals surface area (Å²) in [6.45, 7) is 4.46. The topological polar surface area (TPSA) is 81.4 Å². The van der Waals surface area contributed by atoms with Crippen molar-refractivity contribution >= 4 is 17.2 Å². The minimum atomic E-state index is -0.329. The summed E-state index contributed by atoms with van der Waals surface area (Å²) >= 11 is 1.41. The molecule has 0 spiro atoms. The maximum Gasteiger partial charge on any atom is 0.266 e. The van der Waals surface area contributed by atoms with E-state index < -0.39 is 0 Å². The number of hydrogen-bond donors (Lipinski definition) is 0. The smallest absolute Gasteiger partial charge is 0.266 e. The highest BCUT2D eigenvalue weighted by atomic mass is 32.1. The summed E-state index contributed by atoms with van der Waals surface area (Å²) in [5.74, 6) is 0.921. The van der Waals surface area contributed by atoms with Gasteiger partial charge in [-0.1, -0.05) is 5.16 Å². The molecule has 0 N–H and O–H groups in total. The zero-order valence-electron chi connectivity index (χ0n) is 15.5. The average Bonchev–Trinajstić information content (AvgIpc) is 3.40. The molecule has 0 radical (unpaired) electrons. The van der Waals surface area contributed by atoms with Gasteiger partial charge in [-0.15, -0.1) is 11.3 Å². The Morgan fingerprint density at radius 1 is 1.32 bits per heavy atom. The van der Waals surface area contributed by atoms with Crippen LogP contribution in [0.25, 0.3) is 0 Å². The third-order valence-corrected chi connectivity index (χ3v) is 5.63. The number of carbonyl (C=O) groups is 1. The number of aromatic nitrogens is 3. The van der Waals surface area contributed by atoms with Crippen LogP contribution in [0.2, 0.25) is 0 Å². The number of halogens is 1. The molecule has 1 aliphatic rings. The predicted octanol–water partition coefficient (Wildman–Crippen LogP) is 3.84. The van der Waals surface area contributed by atoms with E-state index in [-0.39, 0.29) is 24.4 Å². The number of hydrogen-bond acceptors (Lipinski definition) is 7. The molecule has 3 aromatic rings. The molecule has 1 unspecified atom stereocenters. The fourth-order valence-corrected chi connectivity index (χ4v) is 4.15. The molecule has 0 aliphatic carbocycles. The van der Waals surface area contributed by atoms with Crippen LogP contribution in [-0.2, 0) is 6.61 Å². The monoisotopic (exact) mass is 402 g/mol. The van der Waals surface area contributed by atoms with Gasteiger partial charge in [0, 0.05) is 6.54 Å². The third kappa shape index (κ3) is 3.75. The number of carbonyl (C=O) groups excluding carboxylic acids is 1. The van der Waals surface area contributed by atoms with Crippen LogP contribution in [0.1, 0.15) is 51.0 Å². The molecular weight excluding hydrogens is 383 g/mol. The van der Waals surface area contributed by atoms with Crippen LogP contribution in [0.4, 0.5) is 4.39 Å². The molecule has 4 rings (SSSR count). The lowest BCUT2D eigenvalue weighted by Gasteiger charge is -2.21. The maximum atomic E-state index is 13.0. The Morgan fingerprint density at radius 2 is 2.11 bits per heavy atom. The number of likely N-dealkylation sites (tertiary alicyclic amines) is 1. The van der Waals surface area contributed by atoms with Crippen LogP contribution in [0.5, 0.6) is 5.75 Å². The summed E-state index contributed by atoms with van der Waals surface area (Å²) < 4.78 is 23.8. The number of ether oxygens (including phenoxy) is 1. The van der Waals surface area contributed by atoms with Gasteiger partial charge in [-0.3, -0.25) is 4.79 Å². The van der Waals surface area contributed by atoms with Gasteiger partial charge in [0.1, 0.15) is 16.4 Å². The van der Waals surface area contributed by atoms with Crippen molar-refractivity contribution < 1.29 is 18.4 Å². The van der Waals surface area contributed by atoms with Crippen molar-refractivity contribution in [3.63, 3.8) is 0 Å². The predicted molar refractivity (Wildman–Crippen MR) is 99.6 cm³/mol. The Morgan fingerprint density at radius 3 is 2.82 bits per heavy atom. The molecule has 1 atom stereocenters. The van der Waals surface area contributed by atoms with Crippen molar-refractivity contribution in [2.24, 2.45) is 0 Å². The number of aryl methyl sites for hydroxylation is 2. The van der Waals surface area contributed by atoms with E-state index in [2.05, 4.69) is 15.1 Å². The normalized spacial score (nSPS) is 16.5.